The highest BCUT2D eigenvalue weighted by Gasteiger charge is 2.43. The van der Waals surface area contributed by atoms with Gasteiger partial charge in [-0.05, 0) is 28.8 Å². The molecule has 0 bridgehead atoms. The number of nitrogens with zero attached hydrogens (tertiary/aromatic N) is 2. The van der Waals surface area contributed by atoms with Gasteiger partial charge in [0.2, 0.25) is 0 Å². The monoisotopic (exact) mass is 502 g/mol. The molecular formula is C30H31ClN2O3. The van der Waals surface area contributed by atoms with Gasteiger partial charge in [-0.25, -0.2) is 4.79 Å². The van der Waals surface area contributed by atoms with Crippen molar-refractivity contribution >= 4 is 23.6 Å². The predicted octanol–water partition coefficient (Wildman–Crippen LogP) is 5.46. The van der Waals surface area contributed by atoms with Crippen molar-refractivity contribution in [3.8, 4) is 0 Å². The molecule has 3 aromatic rings. The number of ether oxygens (including phenoxy) is 1. The van der Waals surface area contributed by atoms with E-state index in [4.69, 9.17) is 16.3 Å². The first-order chi connectivity index (χ1) is 17.6. The summed E-state index contributed by atoms with van der Waals surface area (Å²) in [6, 6.07) is 26.5. The summed E-state index contributed by atoms with van der Waals surface area (Å²) in [5.74, 6) is -0.933. The quantitative estimate of drug-likeness (QED) is 0.443. The van der Waals surface area contributed by atoms with Crippen LogP contribution >= 0.6 is 11.6 Å². The van der Waals surface area contributed by atoms with Gasteiger partial charge in [0.1, 0.15) is 0 Å². The van der Waals surface area contributed by atoms with Crippen molar-refractivity contribution in [2.75, 3.05) is 39.3 Å². The number of benzene rings is 3. The van der Waals surface area contributed by atoms with Gasteiger partial charge in [0, 0.05) is 49.7 Å². The highest BCUT2D eigenvalue weighted by Crippen LogP contribution is 2.37. The summed E-state index contributed by atoms with van der Waals surface area (Å²) < 4.78 is 6.17. The molecule has 6 heteroatoms. The molecule has 1 heterocycles. The van der Waals surface area contributed by atoms with E-state index in [1.807, 2.05) is 54.6 Å². The minimum Gasteiger partial charge on any atom is -0.479 e. The zero-order valence-electron chi connectivity index (χ0n) is 20.2. The minimum absolute atomic E-state index is 0.169. The van der Waals surface area contributed by atoms with Gasteiger partial charge in [0.15, 0.2) is 5.60 Å². The molecule has 5 nitrogen and oxygen atoms in total. The first-order valence-electron chi connectivity index (χ1n) is 12.5. The fourth-order valence-corrected chi connectivity index (χ4v) is 5.49. The van der Waals surface area contributed by atoms with Crippen LogP contribution in [0, 0.1) is 0 Å². The summed E-state index contributed by atoms with van der Waals surface area (Å²) in [6.45, 7) is 4.70. The van der Waals surface area contributed by atoms with Crippen LogP contribution in [0.5, 0.6) is 0 Å². The van der Waals surface area contributed by atoms with E-state index in [9.17, 15) is 9.90 Å². The average Bonchev–Trinajstić information content (AvgIpc) is 2.91. The molecule has 0 saturated carbocycles. The van der Waals surface area contributed by atoms with E-state index in [0.29, 0.717) is 19.6 Å². The fourth-order valence-electron chi connectivity index (χ4n) is 5.36. The standard InChI is InChI=1S/C30H31ClN2O3/c31-26-14-12-25(13-15-26)28(24-8-2-1-3-9-24)33-19-17-32(18-20-33)21-22-36-30(29(34)35)16-6-10-23-7-4-5-11-27(23)30/h1-15,28H,16-22H2,(H,34,35). The van der Waals surface area contributed by atoms with Crippen LogP contribution in [0.1, 0.15) is 34.7 Å². The maximum Gasteiger partial charge on any atom is 0.341 e. The van der Waals surface area contributed by atoms with Crippen LogP contribution < -0.4 is 0 Å². The van der Waals surface area contributed by atoms with Crippen LogP contribution in [0.2, 0.25) is 5.02 Å². The number of aliphatic carboxylic acids is 1. The third-order valence-electron chi connectivity index (χ3n) is 7.27. The molecule has 5 rings (SSSR count). The summed E-state index contributed by atoms with van der Waals surface area (Å²) in [7, 11) is 0. The Morgan fingerprint density at radius 1 is 0.917 bits per heavy atom. The van der Waals surface area contributed by atoms with Crippen molar-refractivity contribution in [1.82, 2.24) is 9.80 Å². The third kappa shape index (κ3) is 5.11. The Morgan fingerprint density at radius 3 is 2.31 bits per heavy atom. The van der Waals surface area contributed by atoms with Crippen LogP contribution in [-0.4, -0.2) is 60.2 Å². The second-order valence-electron chi connectivity index (χ2n) is 9.42. The van der Waals surface area contributed by atoms with Crippen molar-refractivity contribution in [3.05, 3.63) is 112 Å². The van der Waals surface area contributed by atoms with E-state index < -0.39 is 11.6 Å². The molecule has 0 radical (unpaired) electrons. The Balaban J connectivity index is 1.22. The summed E-state index contributed by atoms with van der Waals surface area (Å²) in [5.41, 5.74) is 2.83. The van der Waals surface area contributed by atoms with Crippen LogP contribution in [-0.2, 0) is 15.1 Å². The number of carboxylic acid groups (broad SMARTS) is 1. The first-order valence-corrected chi connectivity index (χ1v) is 12.8. The van der Waals surface area contributed by atoms with Crippen molar-refractivity contribution in [1.29, 1.82) is 0 Å². The maximum atomic E-state index is 12.3. The number of rotatable bonds is 8. The topological polar surface area (TPSA) is 53.0 Å². The molecule has 0 aromatic heterocycles. The van der Waals surface area contributed by atoms with Gasteiger partial charge in [-0.1, -0.05) is 90.5 Å². The van der Waals surface area contributed by atoms with E-state index in [-0.39, 0.29) is 6.04 Å². The Labute approximate surface area is 217 Å². The zero-order chi connectivity index (χ0) is 25.0. The van der Waals surface area contributed by atoms with Crippen LogP contribution in [0.25, 0.3) is 6.08 Å². The van der Waals surface area contributed by atoms with E-state index in [1.54, 1.807) is 0 Å². The molecule has 1 saturated heterocycles. The lowest BCUT2D eigenvalue weighted by Gasteiger charge is -2.40. The number of carbonyl (C=O) groups is 1. The highest BCUT2D eigenvalue weighted by atomic mass is 35.5. The number of halogens is 1. The summed E-state index contributed by atoms with van der Waals surface area (Å²) in [6.07, 6.45) is 4.21. The predicted molar refractivity (Wildman–Crippen MR) is 143 cm³/mol. The fraction of sp³-hybridized carbons (Fsp3) is 0.300. The van der Waals surface area contributed by atoms with Gasteiger partial charge >= 0.3 is 5.97 Å². The molecule has 2 aliphatic rings. The van der Waals surface area contributed by atoms with E-state index >= 15 is 0 Å². The molecule has 0 amide bonds. The second-order valence-corrected chi connectivity index (χ2v) is 9.85. The molecule has 36 heavy (non-hydrogen) atoms. The van der Waals surface area contributed by atoms with Crippen molar-refractivity contribution in [3.63, 3.8) is 0 Å². The summed E-state index contributed by atoms with van der Waals surface area (Å²) in [5, 5.41) is 10.9. The van der Waals surface area contributed by atoms with E-state index in [0.717, 1.165) is 42.3 Å². The van der Waals surface area contributed by atoms with Crippen molar-refractivity contribution in [2.24, 2.45) is 0 Å². The van der Waals surface area contributed by atoms with Gasteiger partial charge < -0.3 is 9.84 Å². The summed E-state index contributed by atoms with van der Waals surface area (Å²) >= 11 is 6.16. The molecule has 1 N–H and O–H groups in total. The minimum atomic E-state index is -1.32. The molecule has 3 aromatic carbocycles. The highest BCUT2D eigenvalue weighted by molar-refractivity contribution is 6.30. The van der Waals surface area contributed by atoms with Crippen LogP contribution in [0.4, 0.5) is 0 Å². The Bertz CT molecular complexity index is 1210. The molecular weight excluding hydrogens is 472 g/mol. The van der Waals surface area contributed by atoms with Gasteiger partial charge in [0.05, 0.1) is 12.6 Å². The SMILES string of the molecule is O=C(O)C1(OCCN2CCN(C(c3ccccc3)c3ccc(Cl)cc3)CC2)CC=Cc2ccccc21. The van der Waals surface area contributed by atoms with Gasteiger partial charge in [-0.2, -0.15) is 0 Å². The number of hydrogen-bond donors (Lipinski definition) is 1. The number of fused-ring (bicyclic) bond motifs is 1. The first kappa shape index (κ1) is 24.7. The molecule has 2 atom stereocenters. The van der Waals surface area contributed by atoms with Crippen molar-refractivity contribution < 1.29 is 14.6 Å². The lowest BCUT2D eigenvalue weighted by atomic mass is 9.83. The Kier molecular flexibility index (Phi) is 7.54. The molecule has 186 valence electrons. The Morgan fingerprint density at radius 2 is 1.58 bits per heavy atom. The lowest BCUT2D eigenvalue weighted by molar-refractivity contribution is -0.168. The third-order valence-corrected chi connectivity index (χ3v) is 7.53. The number of piperazine rings is 1. The van der Waals surface area contributed by atoms with Gasteiger partial charge in [0.25, 0.3) is 0 Å². The zero-order valence-corrected chi connectivity index (χ0v) is 21.0. The summed E-state index contributed by atoms with van der Waals surface area (Å²) in [4.78, 5) is 17.2. The second kappa shape index (κ2) is 11.0. The smallest absolute Gasteiger partial charge is 0.341 e. The molecule has 1 aliphatic carbocycles. The van der Waals surface area contributed by atoms with Gasteiger partial charge in [-0.3, -0.25) is 9.80 Å². The maximum absolute atomic E-state index is 12.3. The van der Waals surface area contributed by atoms with Gasteiger partial charge in [-0.15, -0.1) is 0 Å². The average molecular weight is 503 g/mol. The molecule has 1 fully saturated rings. The number of carboxylic acids is 1. The number of hydrogen-bond acceptors (Lipinski definition) is 4. The van der Waals surface area contributed by atoms with Crippen LogP contribution in [0.15, 0.2) is 84.9 Å². The van der Waals surface area contributed by atoms with E-state index in [2.05, 4.69) is 46.2 Å². The largest absolute Gasteiger partial charge is 0.479 e. The van der Waals surface area contributed by atoms with E-state index in [1.165, 1.54) is 11.1 Å². The molecule has 1 aliphatic heterocycles. The lowest BCUT2D eigenvalue weighted by Crippen LogP contribution is -2.49. The Hall–Kier alpha value is -2.96. The van der Waals surface area contributed by atoms with Crippen molar-refractivity contribution in [2.45, 2.75) is 18.1 Å². The van der Waals surface area contributed by atoms with Crippen LogP contribution in [0.3, 0.4) is 0 Å². The molecule has 0 spiro atoms. The normalized spacial score (nSPS) is 21.1. The molecule has 2 unspecified atom stereocenters.